The summed E-state index contributed by atoms with van der Waals surface area (Å²) in [6, 6.07) is 5.28. The van der Waals surface area contributed by atoms with Crippen LogP contribution in [0.2, 0.25) is 0 Å². The minimum absolute atomic E-state index is 0.127. The van der Waals surface area contributed by atoms with Crippen molar-refractivity contribution in [2.45, 2.75) is 6.10 Å². The second-order valence-corrected chi connectivity index (χ2v) is 4.74. The molecule has 0 N–H and O–H groups in total. The Morgan fingerprint density at radius 2 is 2.05 bits per heavy atom. The van der Waals surface area contributed by atoms with Crippen molar-refractivity contribution in [1.29, 1.82) is 0 Å². The molecule has 20 heavy (non-hydrogen) atoms. The van der Waals surface area contributed by atoms with Gasteiger partial charge in [0.05, 0.1) is 32.8 Å². The number of carbonyl (C=O) groups is 1. The highest BCUT2D eigenvalue weighted by Gasteiger charge is 2.28. The van der Waals surface area contributed by atoms with E-state index in [0.717, 1.165) is 0 Å². The third-order valence-corrected chi connectivity index (χ3v) is 3.58. The van der Waals surface area contributed by atoms with Crippen LogP contribution in [0.25, 0.3) is 0 Å². The van der Waals surface area contributed by atoms with Crippen LogP contribution in [0.5, 0.6) is 11.5 Å². The molecular formula is C14H18ClNO4. The van der Waals surface area contributed by atoms with E-state index in [1.54, 1.807) is 23.1 Å². The summed E-state index contributed by atoms with van der Waals surface area (Å²) in [6.45, 7) is 1.50. The summed E-state index contributed by atoms with van der Waals surface area (Å²) in [5.74, 6) is 1.25. The topological polar surface area (TPSA) is 48.0 Å². The molecule has 1 saturated heterocycles. The molecule has 2 rings (SSSR count). The fourth-order valence-electron chi connectivity index (χ4n) is 2.22. The first-order valence-corrected chi connectivity index (χ1v) is 6.92. The summed E-state index contributed by atoms with van der Waals surface area (Å²) in [6.07, 6.45) is -0.130. The molecule has 0 radical (unpaired) electrons. The summed E-state index contributed by atoms with van der Waals surface area (Å²) in [7, 11) is 3.07. The molecule has 1 aliphatic rings. The SMILES string of the molecule is COc1cccc(OC)c1C(=O)N1CCOC(CCl)C1. The number of alkyl halides is 1. The molecule has 1 aromatic carbocycles. The largest absolute Gasteiger partial charge is 0.496 e. The average Bonchev–Trinajstić information content (AvgIpc) is 2.53. The van der Waals surface area contributed by atoms with Gasteiger partial charge in [-0.3, -0.25) is 4.79 Å². The molecule has 1 atom stereocenters. The highest BCUT2D eigenvalue weighted by molar-refractivity contribution is 6.18. The van der Waals surface area contributed by atoms with Gasteiger partial charge in [0.15, 0.2) is 0 Å². The zero-order chi connectivity index (χ0) is 14.5. The van der Waals surface area contributed by atoms with E-state index in [-0.39, 0.29) is 12.0 Å². The average molecular weight is 300 g/mol. The van der Waals surface area contributed by atoms with Crippen molar-refractivity contribution >= 4 is 17.5 Å². The standard InChI is InChI=1S/C14H18ClNO4/c1-18-11-4-3-5-12(19-2)13(11)14(17)16-6-7-20-10(8-15)9-16/h3-5,10H,6-9H2,1-2H3. The molecule has 0 aliphatic carbocycles. The number of amides is 1. The third-order valence-electron chi connectivity index (χ3n) is 3.24. The van der Waals surface area contributed by atoms with Gasteiger partial charge in [-0.15, -0.1) is 11.6 Å². The van der Waals surface area contributed by atoms with Gasteiger partial charge in [-0.25, -0.2) is 0 Å². The lowest BCUT2D eigenvalue weighted by Crippen LogP contribution is -2.46. The summed E-state index contributed by atoms with van der Waals surface area (Å²) in [5, 5.41) is 0. The van der Waals surface area contributed by atoms with Crippen LogP contribution in [0.1, 0.15) is 10.4 Å². The van der Waals surface area contributed by atoms with E-state index in [4.69, 9.17) is 25.8 Å². The summed E-state index contributed by atoms with van der Waals surface area (Å²) >= 11 is 5.80. The lowest BCUT2D eigenvalue weighted by atomic mass is 10.1. The second-order valence-electron chi connectivity index (χ2n) is 4.44. The van der Waals surface area contributed by atoms with Gasteiger partial charge in [-0.1, -0.05) is 6.07 Å². The second kappa shape index (κ2) is 6.81. The number of hydrogen-bond donors (Lipinski definition) is 0. The summed E-state index contributed by atoms with van der Waals surface area (Å²) in [4.78, 5) is 14.4. The Morgan fingerprint density at radius 1 is 1.40 bits per heavy atom. The van der Waals surface area contributed by atoms with Crippen molar-refractivity contribution in [2.24, 2.45) is 0 Å². The molecule has 1 unspecified atom stereocenters. The van der Waals surface area contributed by atoms with E-state index in [0.29, 0.717) is 42.6 Å². The number of morpholine rings is 1. The van der Waals surface area contributed by atoms with E-state index >= 15 is 0 Å². The Morgan fingerprint density at radius 3 is 2.60 bits per heavy atom. The number of rotatable bonds is 4. The van der Waals surface area contributed by atoms with Crippen LogP contribution in [-0.4, -0.2) is 56.7 Å². The molecule has 1 aliphatic heterocycles. The molecule has 1 amide bonds. The van der Waals surface area contributed by atoms with Gasteiger partial charge in [0.25, 0.3) is 5.91 Å². The van der Waals surface area contributed by atoms with Gasteiger partial charge in [-0.05, 0) is 12.1 Å². The maximum atomic E-state index is 12.7. The Labute approximate surface area is 123 Å². The fourth-order valence-corrected chi connectivity index (χ4v) is 2.40. The van der Waals surface area contributed by atoms with Crippen LogP contribution < -0.4 is 9.47 Å². The maximum absolute atomic E-state index is 12.7. The van der Waals surface area contributed by atoms with E-state index < -0.39 is 0 Å². The lowest BCUT2D eigenvalue weighted by molar-refractivity contribution is -0.0110. The van der Waals surface area contributed by atoms with E-state index in [9.17, 15) is 4.79 Å². The number of methoxy groups -OCH3 is 2. The van der Waals surface area contributed by atoms with Crippen molar-refractivity contribution < 1.29 is 19.0 Å². The maximum Gasteiger partial charge on any atom is 0.261 e. The van der Waals surface area contributed by atoms with Crippen molar-refractivity contribution in [2.75, 3.05) is 39.8 Å². The van der Waals surface area contributed by atoms with Crippen LogP contribution in [0.4, 0.5) is 0 Å². The molecule has 0 saturated carbocycles. The molecule has 5 nitrogen and oxygen atoms in total. The third kappa shape index (κ3) is 2.99. The van der Waals surface area contributed by atoms with Gasteiger partial charge in [0.2, 0.25) is 0 Å². The van der Waals surface area contributed by atoms with Gasteiger partial charge >= 0.3 is 0 Å². The number of nitrogens with zero attached hydrogens (tertiary/aromatic N) is 1. The Bertz CT molecular complexity index is 458. The van der Waals surface area contributed by atoms with Gasteiger partial charge in [0.1, 0.15) is 17.1 Å². The van der Waals surface area contributed by atoms with Crippen LogP contribution in [0.15, 0.2) is 18.2 Å². The van der Waals surface area contributed by atoms with Crippen LogP contribution in [-0.2, 0) is 4.74 Å². The molecule has 0 spiro atoms. The number of carbonyl (C=O) groups excluding carboxylic acids is 1. The van der Waals surface area contributed by atoms with E-state index in [2.05, 4.69) is 0 Å². The molecule has 1 heterocycles. The Hall–Kier alpha value is -1.46. The molecule has 1 fully saturated rings. The first-order chi connectivity index (χ1) is 9.71. The molecule has 1 aromatic rings. The van der Waals surface area contributed by atoms with Crippen molar-refractivity contribution in [3.8, 4) is 11.5 Å². The van der Waals surface area contributed by atoms with Crippen LogP contribution in [0.3, 0.4) is 0 Å². The Kier molecular flexibility index (Phi) is 5.09. The first-order valence-electron chi connectivity index (χ1n) is 6.39. The predicted octanol–water partition coefficient (Wildman–Crippen LogP) is 1.78. The minimum Gasteiger partial charge on any atom is -0.496 e. The number of halogens is 1. The Balaban J connectivity index is 2.28. The predicted molar refractivity (Wildman–Crippen MR) is 75.9 cm³/mol. The number of hydrogen-bond acceptors (Lipinski definition) is 4. The number of ether oxygens (including phenoxy) is 3. The van der Waals surface area contributed by atoms with E-state index in [1.165, 1.54) is 14.2 Å². The van der Waals surface area contributed by atoms with Crippen molar-refractivity contribution in [1.82, 2.24) is 4.90 Å². The molecule has 0 bridgehead atoms. The van der Waals surface area contributed by atoms with Gasteiger partial charge in [0, 0.05) is 13.1 Å². The quantitative estimate of drug-likeness (QED) is 0.795. The normalized spacial score (nSPS) is 18.8. The molecule has 0 aromatic heterocycles. The smallest absolute Gasteiger partial charge is 0.261 e. The monoisotopic (exact) mass is 299 g/mol. The van der Waals surface area contributed by atoms with E-state index in [1.807, 2.05) is 0 Å². The van der Waals surface area contributed by atoms with Gasteiger partial charge < -0.3 is 19.1 Å². The number of benzene rings is 1. The fraction of sp³-hybridized carbons (Fsp3) is 0.500. The highest BCUT2D eigenvalue weighted by Crippen LogP contribution is 2.30. The van der Waals surface area contributed by atoms with Crippen molar-refractivity contribution in [3.05, 3.63) is 23.8 Å². The first kappa shape index (κ1) is 14.9. The van der Waals surface area contributed by atoms with Gasteiger partial charge in [-0.2, -0.15) is 0 Å². The zero-order valence-electron chi connectivity index (χ0n) is 11.6. The van der Waals surface area contributed by atoms with Crippen LogP contribution in [0, 0.1) is 0 Å². The summed E-state index contributed by atoms with van der Waals surface area (Å²) in [5.41, 5.74) is 0.438. The highest BCUT2D eigenvalue weighted by atomic mass is 35.5. The minimum atomic E-state index is -0.130. The molecule has 6 heteroatoms. The van der Waals surface area contributed by atoms with Crippen molar-refractivity contribution in [3.63, 3.8) is 0 Å². The summed E-state index contributed by atoms with van der Waals surface area (Å²) < 4.78 is 16.0. The molecule has 110 valence electrons. The van der Waals surface area contributed by atoms with Crippen LogP contribution >= 0.6 is 11.6 Å². The molecular weight excluding hydrogens is 282 g/mol. The zero-order valence-corrected chi connectivity index (χ0v) is 12.4. The lowest BCUT2D eigenvalue weighted by Gasteiger charge is -2.32.